The molecule has 13 heteroatoms. The van der Waals surface area contributed by atoms with Crippen molar-refractivity contribution >= 4 is 49.2 Å². The lowest BCUT2D eigenvalue weighted by molar-refractivity contribution is 0.122. The molecule has 0 unspecified atom stereocenters. The van der Waals surface area contributed by atoms with Gasteiger partial charge in [0.1, 0.15) is 0 Å². The van der Waals surface area contributed by atoms with Gasteiger partial charge in [0.05, 0.1) is 35.2 Å². The van der Waals surface area contributed by atoms with Crippen LogP contribution in [0.3, 0.4) is 0 Å². The summed E-state index contributed by atoms with van der Waals surface area (Å²) in [6, 6.07) is 2.13. The van der Waals surface area contributed by atoms with Crippen molar-refractivity contribution in [2.75, 3.05) is 69.9 Å². The van der Waals surface area contributed by atoms with Crippen LogP contribution < -0.4 is 4.90 Å². The molecule has 5 rings (SSSR count). The normalized spacial score (nSPS) is 18.6. The van der Waals surface area contributed by atoms with E-state index in [1.165, 1.54) is 22.9 Å². The molecule has 2 fully saturated rings. The number of ether oxygens (including phenoxy) is 1. The van der Waals surface area contributed by atoms with E-state index in [1.54, 1.807) is 28.0 Å². The van der Waals surface area contributed by atoms with E-state index in [9.17, 15) is 8.42 Å². The molecule has 5 heterocycles. The molecule has 0 atom stereocenters. The molecule has 0 aromatic carbocycles. The van der Waals surface area contributed by atoms with Crippen LogP contribution in [0.2, 0.25) is 0 Å². The van der Waals surface area contributed by atoms with E-state index in [4.69, 9.17) is 14.7 Å². The van der Waals surface area contributed by atoms with Gasteiger partial charge in [-0.3, -0.25) is 4.90 Å². The second-order valence-corrected chi connectivity index (χ2v) is 12.2. The van der Waals surface area contributed by atoms with Crippen molar-refractivity contribution in [1.29, 1.82) is 0 Å². The minimum absolute atomic E-state index is 0.527. The van der Waals surface area contributed by atoms with Crippen LogP contribution in [0, 0.1) is 0 Å². The quantitative estimate of drug-likeness (QED) is 0.352. The average molecular weight is 522 g/mol. The number of morpholine rings is 1. The van der Waals surface area contributed by atoms with Gasteiger partial charge in [-0.15, -0.1) is 11.3 Å². The molecular weight excluding hydrogens is 494 g/mol. The van der Waals surface area contributed by atoms with Crippen molar-refractivity contribution in [2.45, 2.75) is 11.7 Å². The van der Waals surface area contributed by atoms with Crippen LogP contribution in [0.5, 0.6) is 0 Å². The zero-order chi connectivity index (χ0) is 23.7. The standard InChI is InChI=1S/C21H27N7O3S3/c1-32-21-22-12-15(13-23-21)19-24-17-11-16(14-26-3-5-28(6-4-26)34(2,29)30)33-18(17)20(25-19)27-7-9-31-10-8-27/h11-13H,3-10,14H2,1-2H3. The lowest BCUT2D eigenvalue weighted by Gasteiger charge is -2.32. The van der Waals surface area contributed by atoms with Gasteiger partial charge in [0.2, 0.25) is 10.0 Å². The fraction of sp³-hybridized carbons (Fsp3) is 0.524. The summed E-state index contributed by atoms with van der Waals surface area (Å²) >= 11 is 3.21. The average Bonchev–Trinajstić information content (AvgIpc) is 3.26. The molecule has 0 radical (unpaired) electrons. The van der Waals surface area contributed by atoms with E-state index < -0.39 is 10.0 Å². The van der Waals surface area contributed by atoms with Crippen LogP contribution in [-0.2, 0) is 21.3 Å². The smallest absolute Gasteiger partial charge is 0.211 e. The van der Waals surface area contributed by atoms with Gasteiger partial charge in [-0.1, -0.05) is 11.8 Å². The molecule has 0 N–H and O–H groups in total. The number of piperazine rings is 1. The number of hydrogen-bond donors (Lipinski definition) is 0. The Labute approximate surface area is 207 Å². The van der Waals surface area contributed by atoms with Crippen LogP contribution >= 0.6 is 23.1 Å². The Kier molecular flexibility index (Phi) is 7.00. The molecule has 0 saturated carbocycles. The highest BCUT2D eigenvalue weighted by Crippen LogP contribution is 2.35. The van der Waals surface area contributed by atoms with Crippen LogP contribution in [0.1, 0.15) is 4.88 Å². The fourth-order valence-electron chi connectivity index (χ4n) is 4.14. The molecular formula is C21H27N7O3S3. The van der Waals surface area contributed by atoms with Gasteiger partial charge < -0.3 is 9.64 Å². The maximum absolute atomic E-state index is 11.8. The summed E-state index contributed by atoms with van der Waals surface area (Å²) in [6.45, 7) is 6.17. The third-order valence-corrected chi connectivity index (χ3v) is 8.95. The third kappa shape index (κ3) is 5.19. The Balaban J connectivity index is 1.44. The number of hydrogen-bond acceptors (Lipinski definition) is 11. The summed E-state index contributed by atoms with van der Waals surface area (Å²) in [6.07, 6.45) is 6.77. The first kappa shape index (κ1) is 23.8. The molecule has 0 aliphatic carbocycles. The van der Waals surface area contributed by atoms with E-state index >= 15 is 0 Å². The lowest BCUT2D eigenvalue weighted by Crippen LogP contribution is -2.47. The van der Waals surface area contributed by atoms with E-state index in [1.807, 2.05) is 6.26 Å². The fourth-order valence-corrected chi connectivity index (χ4v) is 6.44. The molecule has 2 aliphatic heterocycles. The number of thiophene rings is 1. The minimum atomic E-state index is -3.13. The minimum Gasteiger partial charge on any atom is -0.378 e. The molecule has 10 nitrogen and oxygen atoms in total. The van der Waals surface area contributed by atoms with Crippen LogP contribution in [0.25, 0.3) is 21.6 Å². The number of thioether (sulfide) groups is 1. The van der Waals surface area contributed by atoms with Gasteiger partial charge in [0.15, 0.2) is 16.8 Å². The predicted molar refractivity (Wildman–Crippen MR) is 135 cm³/mol. The summed E-state index contributed by atoms with van der Waals surface area (Å²) in [5.74, 6) is 1.54. The summed E-state index contributed by atoms with van der Waals surface area (Å²) in [5, 5.41) is 0.715. The van der Waals surface area contributed by atoms with Crippen molar-refractivity contribution in [1.82, 2.24) is 29.1 Å². The zero-order valence-corrected chi connectivity index (χ0v) is 21.6. The number of aromatic nitrogens is 4. The Morgan fingerprint density at radius 2 is 1.76 bits per heavy atom. The van der Waals surface area contributed by atoms with Crippen molar-refractivity contribution in [3.63, 3.8) is 0 Å². The molecule has 3 aromatic rings. The van der Waals surface area contributed by atoms with Crippen molar-refractivity contribution in [3.05, 3.63) is 23.3 Å². The van der Waals surface area contributed by atoms with Gasteiger partial charge in [-0.2, -0.15) is 4.31 Å². The van der Waals surface area contributed by atoms with Gasteiger partial charge in [-0.25, -0.2) is 28.4 Å². The largest absolute Gasteiger partial charge is 0.378 e. The van der Waals surface area contributed by atoms with E-state index in [-0.39, 0.29) is 0 Å². The zero-order valence-electron chi connectivity index (χ0n) is 19.2. The Hall–Kier alpha value is -1.90. The molecule has 3 aromatic heterocycles. The number of fused-ring (bicyclic) bond motifs is 1. The van der Waals surface area contributed by atoms with Crippen LogP contribution in [0.4, 0.5) is 5.82 Å². The van der Waals surface area contributed by atoms with Gasteiger partial charge in [0, 0.05) is 63.1 Å². The first-order valence-electron chi connectivity index (χ1n) is 11.1. The first-order chi connectivity index (χ1) is 16.4. The van der Waals surface area contributed by atoms with Gasteiger partial charge in [-0.05, 0) is 12.3 Å². The Morgan fingerprint density at radius 3 is 2.41 bits per heavy atom. The number of nitrogens with zero attached hydrogens (tertiary/aromatic N) is 7. The van der Waals surface area contributed by atoms with E-state index in [2.05, 4.69) is 25.8 Å². The lowest BCUT2D eigenvalue weighted by atomic mass is 10.3. The molecule has 182 valence electrons. The van der Waals surface area contributed by atoms with E-state index in [0.29, 0.717) is 50.4 Å². The molecule has 0 amide bonds. The topological polar surface area (TPSA) is 105 Å². The number of anilines is 1. The Morgan fingerprint density at radius 1 is 1.06 bits per heavy atom. The molecule has 34 heavy (non-hydrogen) atoms. The predicted octanol–water partition coefficient (Wildman–Crippen LogP) is 1.78. The maximum atomic E-state index is 11.8. The monoisotopic (exact) mass is 521 g/mol. The second-order valence-electron chi connectivity index (χ2n) is 8.29. The summed E-state index contributed by atoms with van der Waals surface area (Å²) in [7, 11) is -3.13. The first-order valence-corrected chi connectivity index (χ1v) is 15.0. The second kappa shape index (κ2) is 9.99. The summed E-state index contributed by atoms with van der Waals surface area (Å²) < 4.78 is 31.8. The maximum Gasteiger partial charge on any atom is 0.211 e. The SMILES string of the molecule is CSc1ncc(-c2nc(N3CCOCC3)c3sc(CN4CCN(S(C)(=O)=O)CC4)cc3n2)cn1. The Bertz CT molecular complexity index is 1250. The molecule has 0 bridgehead atoms. The highest BCUT2D eigenvalue weighted by molar-refractivity contribution is 7.98. The van der Waals surface area contributed by atoms with Crippen LogP contribution in [0.15, 0.2) is 23.6 Å². The van der Waals surface area contributed by atoms with Gasteiger partial charge >= 0.3 is 0 Å². The third-order valence-electron chi connectivity index (χ3n) is 5.96. The van der Waals surface area contributed by atoms with Crippen molar-refractivity contribution in [2.24, 2.45) is 0 Å². The van der Waals surface area contributed by atoms with E-state index in [0.717, 1.165) is 41.2 Å². The van der Waals surface area contributed by atoms with Crippen molar-refractivity contribution in [3.8, 4) is 11.4 Å². The number of rotatable bonds is 6. The molecule has 2 aliphatic rings. The number of sulfonamides is 1. The molecule has 0 spiro atoms. The van der Waals surface area contributed by atoms with Crippen molar-refractivity contribution < 1.29 is 13.2 Å². The van der Waals surface area contributed by atoms with Gasteiger partial charge in [0.25, 0.3) is 0 Å². The van der Waals surface area contributed by atoms with Crippen LogP contribution in [-0.4, -0.2) is 103 Å². The molecule has 2 saturated heterocycles. The summed E-state index contributed by atoms with van der Waals surface area (Å²) in [4.78, 5) is 24.3. The summed E-state index contributed by atoms with van der Waals surface area (Å²) in [5.41, 5.74) is 1.70. The highest BCUT2D eigenvalue weighted by Gasteiger charge is 2.25. The highest BCUT2D eigenvalue weighted by atomic mass is 32.2.